The number of aryl methyl sites for hydroxylation is 1. The van der Waals surface area contributed by atoms with Gasteiger partial charge in [0.05, 0.1) is 0 Å². The van der Waals surface area contributed by atoms with Gasteiger partial charge in [-0.2, -0.15) is 0 Å². The molecule has 1 unspecified atom stereocenters. The zero-order chi connectivity index (χ0) is 15.9. The quantitative estimate of drug-likeness (QED) is 0.859. The van der Waals surface area contributed by atoms with Crippen LogP contribution < -0.4 is 10.5 Å². The molecular weight excluding hydrogens is 278 g/mol. The van der Waals surface area contributed by atoms with Crippen molar-refractivity contribution in [1.82, 2.24) is 9.80 Å². The molecule has 2 rings (SSSR count). The van der Waals surface area contributed by atoms with Gasteiger partial charge in [0.25, 0.3) is 5.91 Å². The van der Waals surface area contributed by atoms with E-state index < -0.39 is 6.10 Å². The molecule has 0 aromatic heterocycles. The van der Waals surface area contributed by atoms with Crippen LogP contribution in [0.15, 0.2) is 24.3 Å². The topological polar surface area (TPSA) is 58.8 Å². The fourth-order valence-corrected chi connectivity index (χ4v) is 2.69. The number of carbonyl (C=O) groups excluding carboxylic acids is 1. The number of nitrogens with zero attached hydrogens (tertiary/aromatic N) is 2. The van der Waals surface area contributed by atoms with Crippen LogP contribution in [0, 0.1) is 6.92 Å². The lowest BCUT2D eigenvalue weighted by atomic mass is 10.2. The van der Waals surface area contributed by atoms with Gasteiger partial charge in [0, 0.05) is 26.2 Å². The number of nitrogens with two attached hydrogens (primary N) is 1. The van der Waals surface area contributed by atoms with Crippen molar-refractivity contribution in [3.8, 4) is 5.75 Å². The molecule has 1 heterocycles. The first-order valence-corrected chi connectivity index (χ1v) is 8.05. The van der Waals surface area contributed by atoms with E-state index in [9.17, 15) is 4.79 Å². The van der Waals surface area contributed by atoms with Crippen molar-refractivity contribution >= 4 is 5.91 Å². The van der Waals surface area contributed by atoms with Crippen molar-refractivity contribution in [2.45, 2.75) is 26.4 Å². The molecule has 1 aromatic carbocycles. The van der Waals surface area contributed by atoms with Gasteiger partial charge in [-0.05, 0) is 45.0 Å². The summed E-state index contributed by atoms with van der Waals surface area (Å²) in [7, 11) is 0. The van der Waals surface area contributed by atoms with Gasteiger partial charge in [0.15, 0.2) is 6.10 Å². The lowest BCUT2D eigenvalue weighted by molar-refractivity contribution is -0.139. The molecule has 22 heavy (non-hydrogen) atoms. The summed E-state index contributed by atoms with van der Waals surface area (Å²) >= 11 is 0. The predicted molar refractivity (Wildman–Crippen MR) is 88.0 cm³/mol. The molecule has 0 saturated carbocycles. The molecule has 122 valence electrons. The first-order chi connectivity index (χ1) is 10.6. The largest absolute Gasteiger partial charge is 0.481 e. The van der Waals surface area contributed by atoms with Gasteiger partial charge < -0.3 is 15.4 Å². The van der Waals surface area contributed by atoms with Crippen molar-refractivity contribution in [2.75, 3.05) is 39.3 Å². The molecule has 5 nitrogen and oxygen atoms in total. The van der Waals surface area contributed by atoms with E-state index in [1.165, 1.54) is 0 Å². The summed E-state index contributed by atoms with van der Waals surface area (Å²) < 4.78 is 5.83. The molecule has 0 aliphatic carbocycles. The van der Waals surface area contributed by atoms with Crippen LogP contribution in [-0.4, -0.2) is 61.1 Å². The molecular formula is C17H27N3O2. The van der Waals surface area contributed by atoms with Gasteiger partial charge in [0.2, 0.25) is 0 Å². The number of benzene rings is 1. The maximum Gasteiger partial charge on any atom is 0.263 e. The monoisotopic (exact) mass is 305 g/mol. The molecule has 1 saturated heterocycles. The van der Waals surface area contributed by atoms with Crippen LogP contribution in [-0.2, 0) is 4.79 Å². The highest BCUT2D eigenvalue weighted by Crippen LogP contribution is 2.18. The zero-order valence-corrected chi connectivity index (χ0v) is 13.6. The van der Waals surface area contributed by atoms with Crippen LogP contribution in [0.1, 0.15) is 18.9 Å². The summed E-state index contributed by atoms with van der Waals surface area (Å²) in [4.78, 5) is 16.8. The summed E-state index contributed by atoms with van der Waals surface area (Å²) in [5.41, 5.74) is 6.59. The number of hydrogen-bond donors (Lipinski definition) is 1. The van der Waals surface area contributed by atoms with Gasteiger partial charge >= 0.3 is 0 Å². The second-order valence-electron chi connectivity index (χ2n) is 5.83. The van der Waals surface area contributed by atoms with Crippen LogP contribution in [0.4, 0.5) is 0 Å². The van der Waals surface area contributed by atoms with Crippen molar-refractivity contribution in [1.29, 1.82) is 0 Å². The van der Waals surface area contributed by atoms with E-state index in [2.05, 4.69) is 4.90 Å². The number of amides is 1. The number of carbonyl (C=O) groups is 1. The standard InChI is InChI=1S/C17H27N3O2/c1-14-6-3-4-7-16(14)22-15(2)17(21)20-12-10-19(11-13-20)9-5-8-18/h3-4,6-7,15H,5,8-13,18H2,1-2H3. The van der Waals surface area contributed by atoms with Gasteiger partial charge in [0.1, 0.15) is 5.75 Å². The first kappa shape index (κ1) is 16.8. The molecule has 1 aliphatic heterocycles. The number of piperazine rings is 1. The van der Waals surface area contributed by atoms with Crippen molar-refractivity contribution < 1.29 is 9.53 Å². The van der Waals surface area contributed by atoms with E-state index in [0.717, 1.165) is 57.0 Å². The second kappa shape index (κ2) is 8.15. The van der Waals surface area contributed by atoms with Crippen LogP contribution in [0.2, 0.25) is 0 Å². The molecule has 2 N–H and O–H groups in total. The molecule has 0 radical (unpaired) electrons. The summed E-state index contributed by atoms with van der Waals surface area (Å²) in [6.45, 7) is 8.94. The fourth-order valence-electron chi connectivity index (χ4n) is 2.69. The van der Waals surface area contributed by atoms with E-state index in [1.54, 1.807) is 0 Å². The minimum atomic E-state index is -0.448. The number of hydrogen-bond acceptors (Lipinski definition) is 4. The highest BCUT2D eigenvalue weighted by molar-refractivity contribution is 5.81. The van der Waals surface area contributed by atoms with E-state index in [0.29, 0.717) is 0 Å². The average molecular weight is 305 g/mol. The molecule has 0 bridgehead atoms. The maximum absolute atomic E-state index is 12.5. The van der Waals surface area contributed by atoms with Crippen molar-refractivity contribution in [3.63, 3.8) is 0 Å². The molecule has 1 atom stereocenters. The van der Waals surface area contributed by atoms with E-state index >= 15 is 0 Å². The third-order valence-electron chi connectivity index (χ3n) is 4.11. The Morgan fingerprint density at radius 2 is 1.95 bits per heavy atom. The smallest absolute Gasteiger partial charge is 0.263 e. The molecule has 1 aromatic rings. The molecule has 0 spiro atoms. The Hall–Kier alpha value is -1.59. The number of ether oxygens (including phenoxy) is 1. The van der Waals surface area contributed by atoms with Gasteiger partial charge in [-0.3, -0.25) is 9.69 Å². The molecule has 5 heteroatoms. The Kier molecular flexibility index (Phi) is 6.21. The summed E-state index contributed by atoms with van der Waals surface area (Å²) in [5.74, 6) is 0.853. The average Bonchev–Trinajstić information content (AvgIpc) is 2.55. The Bertz CT molecular complexity index is 485. The highest BCUT2D eigenvalue weighted by atomic mass is 16.5. The first-order valence-electron chi connectivity index (χ1n) is 8.05. The Morgan fingerprint density at radius 1 is 1.27 bits per heavy atom. The minimum absolute atomic E-state index is 0.0710. The maximum atomic E-state index is 12.5. The molecule has 1 aliphatic rings. The molecule has 1 fully saturated rings. The number of para-hydroxylation sites is 1. The Labute approximate surface area is 133 Å². The summed E-state index contributed by atoms with van der Waals surface area (Å²) in [6, 6.07) is 7.79. The lowest BCUT2D eigenvalue weighted by Crippen LogP contribution is -2.52. The Balaban J connectivity index is 1.83. The highest BCUT2D eigenvalue weighted by Gasteiger charge is 2.26. The van der Waals surface area contributed by atoms with Crippen molar-refractivity contribution in [2.24, 2.45) is 5.73 Å². The lowest BCUT2D eigenvalue weighted by Gasteiger charge is -2.35. The minimum Gasteiger partial charge on any atom is -0.481 e. The summed E-state index contributed by atoms with van der Waals surface area (Å²) in [6.07, 6.45) is 0.567. The second-order valence-corrected chi connectivity index (χ2v) is 5.83. The van der Waals surface area contributed by atoms with Crippen molar-refractivity contribution in [3.05, 3.63) is 29.8 Å². The van der Waals surface area contributed by atoms with E-state index in [1.807, 2.05) is 43.0 Å². The van der Waals surface area contributed by atoms with Gasteiger partial charge in [-0.15, -0.1) is 0 Å². The summed E-state index contributed by atoms with van der Waals surface area (Å²) in [5, 5.41) is 0. The Morgan fingerprint density at radius 3 is 2.59 bits per heavy atom. The van der Waals surface area contributed by atoms with Crippen LogP contribution >= 0.6 is 0 Å². The normalized spacial score (nSPS) is 17.3. The third kappa shape index (κ3) is 4.45. The van der Waals surface area contributed by atoms with Gasteiger partial charge in [-0.1, -0.05) is 18.2 Å². The predicted octanol–water partition coefficient (Wildman–Crippen LogP) is 1.26. The van der Waals surface area contributed by atoms with Gasteiger partial charge in [-0.25, -0.2) is 0 Å². The van der Waals surface area contributed by atoms with Crippen LogP contribution in [0.5, 0.6) is 5.75 Å². The van der Waals surface area contributed by atoms with E-state index in [-0.39, 0.29) is 5.91 Å². The number of rotatable bonds is 6. The molecule has 1 amide bonds. The SMILES string of the molecule is Cc1ccccc1OC(C)C(=O)N1CCN(CCCN)CC1. The van der Waals surface area contributed by atoms with Crippen LogP contribution in [0.3, 0.4) is 0 Å². The van der Waals surface area contributed by atoms with Crippen LogP contribution in [0.25, 0.3) is 0 Å². The van der Waals surface area contributed by atoms with E-state index in [4.69, 9.17) is 10.5 Å². The zero-order valence-electron chi connectivity index (χ0n) is 13.6. The third-order valence-corrected chi connectivity index (χ3v) is 4.11. The fraction of sp³-hybridized carbons (Fsp3) is 0.588.